The quantitative estimate of drug-likeness (QED) is 0.0164. The number of ketones is 2. The van der Waals surface area contributed by atoms with Gasteiger partial charge in [0.2, 0.25) is 5.79 Å². The van der Waals surface area contributed by atoms with E-state index in [0.29, 0.717) is 45.1 Å². The van der Waals surface area contributed by atoms with Gasteiger partial charge in [-0.25, -0.2) is 50.5 Å². The normalized spacial score (nSPS) is 11.1. The van der Waals surface area contributed by atoms with Crippen LogP contribution in [0.1, 0.15) is 47.5 Å². The second-order valence-corrected chi connectivity index (χ2v) is 21.8. The molecule has 11 rings (SSSR count). The standard InChI is InChI=1S/C19H19FN4O2.C15H10F2N2O2.C13H17FO5.C11H11FO4.C9H9FO2.C5H5FN2.C3H6O3.Na.H/c1-26-17-4-2-13(10-15(17)20)16-11-19(25)24-12-14(3-5-18(24)22-16)23-8-6-21-7-9-23;1-21-13-4-2-9(6-11(13)17)12-7-15(20)19-8-10(16)3-5-14(19)18-12;1-16-11-6-5-9(7-10(11)14)13(18-3,19-4)8-12(15)17-2;1-15-10-4-3-7(5-8(10)12)9(13)6-11(14)16-2;1-6(11)7-3-4-9(12-2)8(10)5-7;6-4-1-2-5(7)8-3-4;1-5-3(4)6-2;;/h2-5,10-12,21H,6-9H2,1H3;2-8H,1H3;5-7H,8H2,1-4H3;3-5H,6H2,1-2H3;3-5H,1-2H3;1-3H,(H2,7,8);1-2H3;;/q;;;;;;;+1;-1. The number of fused-ring (bicyclic) bond motifs is 2. The van der Waals surface area contributed by atoms with Gasteiger partial charge in [-0.05, 0) is 134 Å². The molecule has 0 spiro atoms. The fourth-order valence-corrected chi connectivity index (χ4v) is 9.46. The van der Waals surface area contributed by atoms with E-state index in [1.807, 2.05) is 18.3 Å². The number of piperazine rings is 1. The number of halogens is 7. The van der Waals surface area contributed by atoms with Gasteiger partial charge in [-0.3, -0.25) is 37.6 Å². The maximum absolute atomic E-state index is 14.0. The molecule has 5 aromatic heterocycles. The second-order valence-electron chi connectivity index (χ2n) is 21.8. The van der Waals surface area contributed by atoms with Crippen molar-refractivity contribution < 1.29 is 138 Å². The summed E-state index contributed by atoms with van der Waals surface area (Å²) in [5, 5.41) is 3.31. The van der Waals surface area contributed by atoms with E-state index in [0.717, 1.165) is 54.7 Å². The Morgan fingerprint density at radius 1 is 0.495 bits per heavy atom. The van der Waals surface area contributed by atoms with Crippen LogP contribution < -0.4 is 80.3 Å². The van der Waals surface area contributed by atoms with Gasteiger partial charge < -0.3 is 69.5 Å². The number of benzene rings is 5. The zero-order valence-electron chi connectivity index (χ0n) is 62.5. The predicted molar refractivity (Wildman–Crippen MR) is 383 cm³/mol. The minimum atomic E-state index is -1.39. The van der Waals surface area contributed by atoms with Crippen molar-refractivity contribution in [3.05, 3.63) is 236 Å². The van der Waals surface area contributed by atoms with Crippen LogP contribution in [0.2, 0.25) is 0 Å². The maximum atomic E-state index is 14.0. The first-order valence-electron chi connectivity index (χ1n) is 31.7. The fraction of sp³-hybridized carbons (Fsp3) is 0.253. The van der Waals surface area contributed by atoms with E-state index in [1.165, 1.54) is 193 Å². The number of aromatic nitrogens is 5. The third kappa shape index (κ3) is 26.5. The zero-order chi connectivity index (χ0) is 79.8. The molecule has 5 aromatic carbocycles. The number of nitrogen functional groups attached to an aromatic ring is 1. The number of hydrogen-bond acceptors (Lipinski definition) is 24. The number of nitrogens with two attached hydrogens (primary N) is 1. The van der Waals surface area contributed by atoms with Crippen LogP contribution in [-0.4, -0.2) is 158 Å². The van der Waals surface area contributed by atoms with Gasteiger partial charge in [-0.15, -0.1) is 0 Å². The van der Waals surface area contributed by atoms with Crippen molar-refractivity contribution in [2.24, 2.45) is 0 Å². The van der Waals surface area contributed by atoms with Gasteiger partial charge >= 0.3 is 47.7 Å². The number of rotatable bonds is 17. The smallest absolute Gasteiger partial charge is 1.00 e. The van der Waals surface area contributed by atoms with Crippen LogP contribution >= 0.6 is 0 Å². The minimum absolute atomic E-state index is 0. The van der Waals surface area contributed by atoms with Gasteiger partial charge in [0.1, 0.15) is 41.6 Å². The maximum Gasteiger partial charge on any atom is 1.00 e. The topological polar surface area (TPSA) is 310 Å². The van der Waals surface area contributed by atoms with Gasteiger partial charge in [0.05, 0.1) is 87.3 Å². The number of hydrogen-bond donors (Lipinski definition) is 2. The van der Waals surface area contributed by atoms with Crippen molar-refractivity contribution in [3.63, 3.8) is 0 Å². The summed E-state index contributed by atoms with van der Waals surface area (Å²) in [5.74, 6) is -5.95. The van der Waals surface area contributed by atoms with Crippen molar-refractivity contribution in [2.45, 2.75) is 25.6 Å². The van der Waals surface area contributed by atoms with E-state index in [-0.39, 0.29) is 94.5 Å². The molecule has 10 aromatic rings. The summed E-state index contributed by atoms with van der Waals surface area (Å²) in [4.78, 5) is 93.3. The average Bonchev–Trinajstić information content (AvgIpc) is 0.796. The summed E-state index contributed by atoms with van der Waals surface area (Å²) in [5.41, 5.74) is 8.88. The van der Waals surface area contributed by atoms with Crippen molar-refractivity contribution in [2.75, 3.05) is 115 Å². The number of ether oxygens (including phenoxy) is 11. The molecule has 1 saturated heterocycles. The summed E-state index contributed by atoms with van der Waals surface area (Å²) in [6, 6.07) is 32.7. The van der Waals surface area contributed by atoms with Crippen molar-refractivity contribution in [1.82, 2.24) is 29.1 Å². The first kappa shape index (κ1) is 89.9. The average molecular weight is 1540 g/mol. The number of nitrogens with one attached hydrogen (secondary N) is 1. The number of anilines is 2. The number of Topliss-reactive ketones (excluding diaryl/α,β-unsaturated/α-hetero) is 2. The third-order valence-corrected chi connectivity index (χ3v) is 15.1. The Bertz CT molecular complexity index is 4820. The molecule has 0 unspecified atom stereocenters. The Balaban J connectivity index is 0.000000345. The molecule has 26 nitrogen and oxygen atoms in total. The van der Waals surface area contributed by atoms with Gasteiger partial charge in [-0.1, -0.05) is 0 Å². The summed E-state index contributed by atoms with van der Waals surface area (Å²) in [6.07, 6.45) is 2.70. The Kier molecular flexibility index (Phi) is 36.8. The Morgan fingerprint density at radius 3 is 1.33 bits per heavy atom. The first-order chi connectivity index (χ1) is 51.6. The number of carbonyl (C=O) groups is 5. The number of pyridine rings is 3. The molecule has 0 amide bonds. The van der Waals surface area contributed by atoms with Crippen LogP contribution in [0.4, 0.5) is 47.0 Å². The zero-order valence-corrected chi connectivity index (χ0v) is 63.5. The molecule has 0 atom stereocenters. The van der Waals surface area contributed by atoms with Crippen LogP contribution in [-0.2, 0) is 43.8 Å². The van der Waals surface area contributed by atoms with Crippen molar-refractivity contribution in [3.8, 4) is 51.3 Å². The molecule has 34 heteroatoms. The van der Waals surface area contributed by atoms with Crippen LogP contribution in [0.25, 0.3) is 33.8 Å². The molecule has 0 bridgehead atoms. The van der Waals surface area contributed by atoms with Crippen molar-refractivity contribution >= 4 is 52.5 Å². The van der Waals surface area contributed by atoms with Gasteiger partial charge in [0, 0.05) is 92.7 Å². The van der Waals surface area contributed by atoms with E-state index < -0.39 is 76.5 Å². The van der Waals surface area contributed by atoms with Gasteiger partial charge in [0.15, 0.2) is 69.4 Å². The molecular formula is C75H78F7N8NaO18. The molecule has 109 heavy (non-hydrogen) atoms. The summed E-state index contributed by atoms with van der Waals surface area (Å²) < 4.78 is 147. The molecule has 1 fully saturated rings. The van der Waals surface area contributed by atoms with E-state index in [2.05, 4.69) is 44.1 Å². The van der Waals surface area contributed by atoms with E-state index in [9.17, 15) is 64.3 Å². The van der Waals surface area contributed by atoms with Gasteiger partial charge in [0.25, 0.3) is 11.1 Å². The number of esters is 2. The number of methoxy groups -OCH3 is 11. The van der Waals surface area contributed by atoms with Crippen molar-refractivity contribution in [1.29, 1.82) is 0 Å². The SMILES string of the molecule is COC(=O)CC(=O)c1ccc(OC)c(F)c1.COC(=O)CC(OC)(OC)c1ccc(OC)c(F)c1.COC(=O)OC.COc1ccc(-c2cc(=O)n3cc(F)ccc3n2)cc1F.COc1ccc(-c2cc(=O)n3cc(N4CCNCC4)ccc3n2)cc1F.COc1ccc(C(C)=O)cc1F.Nc1ccc(F)cn1.[H-].[Na+]. The first-order valence-corrected chi connectivity index (χ1v) is 31.7. The molecule has 576 valence electrons. The summed E-state index contributed by atoms with van der Waals surface area (Å²) >= 11 is 0. The largest absolute Gasteiger partial charge is 1.00 e. The van der Waals surface area contributed by atoms with E-state index in [4.69, 9.17) is 38.9 Å². The molecule has 3 N–H and O–H groups in total. The van der Waals surface area contributed by atoms with Crippen LogP contribution in [0.3, 0.4) is 0 Å². The second kappa shape index (κ2) is 44.6. The molecule has 0 aliphatic carbocycles. The molecular weight excluding hydrogens is 1460 g/mol. The number of carbonyl (C=O) groups excluding carboxylic acids is 5. The van der Waals surface area contributed by atoms with Crippen LogP contribution in [0.15, 0.2) is 168 Å². The molecule has 0 saturated carbocycles. The molecule has 0 radical (unpaired) electrons. The summed E-state index contributed by atoms with van der Waals surface area (Å²) in [7, 11) is 14.5. The monoisotopic (exact) mass is 1530 g/mol. The Morgan fingerprint density at radius 2 is 0.927 bits per heavy atom. The minimum Gasteiger partial charge on any atom is -1.00 e. The van der Waals surface area contributed by atoms with E-state index in [1.54, 1.807) is 18.2 Å². The van der Waals surface area contributed by atoms with Gasteiger partial charge in [-0.2, -0.15) is 0 Å². The summed E-state index contributed by atoms with van der Waals surface area (Å²) in [6.45, 7) is 5.04. The predicted octanol–water partition coefficient (Wildman–Crippen LogP) is 8.35. The van der Waals surface area contributed by atoms with E-state index >= 15 is 0 Å². The number of nitrogens with zero attached hydrogens (tertiary/aromatic N) is 6. The van der Waals surface area contributed by atoms with Crippen LogP contribution in [0.5, 0.6) is 28.7 Å². The third-order valence-electron chi connectivity index (χ3n) is 15.1. The molecule has 6 heterocycles. The molecule has 1 aliphatic heterocycles. The fourth-order valence-electron chi connectivity index (χ4n) is 9.46. The molecule has 1 aliphatic rings. The Labute approximate surface area is 644 Å². The Hall–Kier alpha value is -11.5. The van der Waals surface area contributed by atoms with Crippen LogP contribution in [0, 0.1) is 40.7 Å².